The van der Waals surface area contributed by atoms with Crippen LogP contribution < -0.4 is 0 Å². The summed E-state index contributed by atoms with van der Waals surface area (Å²) in [5.41, 5.74) is 0. The molecule has 0 N–H and O–H groups in total. The summed E-state index contributed by atoms with van der Waals surface area (Å²) in [5, 5.41) is 0. The van der Waals surface area contributed by atoms with Gasteiger partial charge in [-0.1, -0.05) is 0 Å². The Labute approximate surface area is 101 Å². The van der Waals surface area contributed by atoms with Gasteiger partial charge in [-0.2, -0.15) is 0 Å². The molecule has 0 aromatic rings. The zero-order valence-electron chi connectivity index (χ0n) is 8.79. The molecule has 0 atom stereocenters. The van der Waals surface area contributed by atoms with Gasteiger partial charge in [-0.3, -0.25) is 4.90 Å². The van der Waals surface area contributed by atoms with Gasteiger partial charge in [0.1, 0.15) is 0 Å². The Kier molecular flexibility index (Phi) is 4.46. The highest BCUT2D eigenvalue weighted by molar-refractivity contribution is 14.1. The van der Waals surface area contributed by atoms with Gasteiger partial charge in [-0.15, -0.1) is 0 Å². The van der Waals surface area contributed by atoms with E-state index in [1.807, 2.05) is 0 Å². The van der Waals surface area contributed by atoms with Crippen molar-refractivity contribution in [3.05, 3.63) is 0 Å². The first-order chi connectivity index (χ1) is 6.84. The van der Waals surface area contributed by atoms with E-state index in [1.54, 1.807) is 0 Å². The number of nitrogens with zero attached hydrogens (tertiary/aromatic N) is 3. The molecule has 2 heterocycles. The number of rotatable bonds is 3. The quantitative estimate of drug-likeness (QED) is 0.570. The number of likely N-dealkylation sites (tertiary alicyclic amines) is 1. The lowest BCUT2D eigenvalue weighted by atomic mass is 10.3. The summed E-state index contributed by atoms with van der Waals surface area (Å²) in [6.07, 6.45) is 2.84. The minimum atomic E-state index is 1.24. The Morgan fingerprint density at radius 3 is 1.79 bits per heavy atom. The van der Waals surface area contributed by atoms with Crippen molar-refractivity contribution in [3.8, 4) is 0 Å². The van der Waals surface area contributed by atoms with E-state index in [2.05, 4.69) is 35.8 Å². The van der Waals surface area contributed by atoms with Crippen molar-refractivity contribution in [1.82, 2.24) is 12.9 Å². The molecule has 2 aliphatic heterocycles. The Bertz CT molecular complexity index is 163. The van der Waals surface area contributed by atoms with Crippen molar-refractivity contribution in [2.24, 2.45) is 0 Å². The van der Waals surface area contributed by atoms with Gasteiger partial charge in [0, 0.05) is 62.1 Å². The van der Waals surface area contributed by atoms with Crippen LogP contribution in [0.15, 0.2) is 0 Å². The van der Waals surface area contributed by atoms with Crippen molar-refractivity contribution < 1.29 is 0 Å². The Morgan fingerprint density at radius 2 is 1.21 bits per heavy atom. The van der Waals surface area contributed by atoms with Crippen LogP contribution in [-0.4, -0.2) is 65.3 Å². The number of hydrogen-bond acceptors (Lipinski definition) is 3. The minimum Gasteiger partial charge on any atom is -0.302 e. The smallest absolute Gasteiger partial charge is 0.0209 e. The molecular weight excluding hydrogens is 289 g/mol. The highest BCUT2D eigenvalue weighted by Gasteiger charge is 2.16. The fourth-order valence-corrected chi connectivity index (χ4v) is 2.67. The van der Waals surface area contributed by atoms with Crippen LogP contribution in [0.2, 0.25) is 0 Å². The van der Waals surface area contributed by atoms with E-state index in [0.29, 0.717) is 0 Å². The third-order valence-corrected chi connectivity index (χ3v) is 4.21. The van der Waals surface area contributed by atoms with Gasteiger partial charge in [-0.25, -0.2) is 3.11 Å². The SMILES string of the molecule is IN1CCN(CCN2CCCC2)CC1. The molecule has 2 aliphatic rings. The number of halogens is 1. The summed E-state index contributed by atoms with van der Waals surface area (Å²) in [4.78, 5) is 5.21. The zero-order chi connectivity index (χ0) is 9.80. The van der Waals surface area contributed by atoms with Gasteiger partial charge in [0.05, 0.1) is 0 Å². The first-order valence-electron chi connectivity index (χ1n) is 5.70. The molecule has 0 saturated carbocycles. The maximum absolute atomic E-state index is 2.61. The van der Waals surface area contributed by atoms with Gasteiger partial charge >= 0.3 is 0 Å². The average molecular weight is 309 g/mol. The molecule has 0 aromatic carbocycles. The van der Waals surface area contributed by atoms with E-state index in [1.165, 1.54) is 65.2 Å². The topological polar surface area (TPSA) is 9.72 Å². The fraction of sp³-hybridized carbons (Fsp3) is 1.00. The molecule has 2 rings (SSSR count). The minimum absolute atomic E-state index is 1.24. The second-order valence-electron chi connectivity index (χ2n) is 4.30. The molecule has 0 radical (unpaired) electrons. The Hall–Kier alpha value is 0.610. The lowest BCUT2D eigenvalue weighted by Gasteiger charge is -2.32. The zero-order valence-corrected chi connectivity index (χ0v) is 10.9. The van der Waals surface area contributed by atoms with Gasteiger partial charge in [0.25, 0.3) is 0 Å². The number of hydrogen-bond donors (Lipinski definition) is 0. The summed E-state index contributed by atoms with van der Waals surface area (Å²) in [6.45, 7) is 10.2. The molecule has 2 saturated heterocycles. The summed E-state index contributed by atoms with van der Waals surface area (Å²) in [6, 6.07) is 0. The highest BCUT2D eigenvalue weighted by atomic mass is 127. The molecule has 4 heteroatoms. The number of piperazine rings is 1. The van der Waals surface area contributed by atoms with Crippen LogP contribution in [0.4, 0.5) is 0 Å². The van der Waals surface area contributed by atoms with Crippen LogP contribution >= 0.6 is 22.9 Å². The van der Waals surface area contributed by atoms with Gasteiger partial charge in [-0.05, 0) is 25.9 Å². The molecule has 0 spiro atoms. The standard InChI is InChI=1S/C10H20IN3/c11-14-9-7-13(8-10-14)6-5-12-3-1-2-4-12/h1-10H2. The average Bonchev–Trinajstić information content (AvgIpc) is 2.70. The predicted octanol–water partition coefficient (Wildman–Crippen LogP) is 1.05. The van der Waals surface area contributed by atoms with Crippen molar-refractivity contribution in [2.45, 2.75) is 12.8 Å². The van der Waals surface area contributed by atoms with E-state index in [0.717, 1.165) is 0 Å². The van der Waals surface area contributed by atoms with Crippen LogP contribution in [-0.2, 0) is 0 Å². The van der Waals surface area contributed by atoms with E-state index in [-0.39, 0.29) is 0 Å². The molecule has 2 fully saturated rings. The monoisotopic (exact) mass is 309 g/mol. The van der Waals surface area contributed by atoms with E-state index in [4.69, 9.17) is 0 Å². The molecule has 82 valence electrons. The van der Waals surface area contributed by atoms with Crippen LogP contribution in [0.3, 0.4) is 0 Å². The van der Waals surface area contributed by atoms with Gasteiger partial charge in [0.2, 0.25) is 0 Å². The maximum atomic E-state index is 2.61. The van der Waals surface area contributed by atoms with Crippen LogP contribution in [0.5, 0.6) is 0 Å². The van der Waals surface area contributed by atoms with Crippen LogP contribution in [0.25, 0.3) is 0 Å². The van der Waals surface area contributed by atoms with E-state index < -0.39 is 0 Å². The molecule has 14 heavy (non-hydrogen) atoms. The van der Waals surface area contributed by atoms with E-state index >= 15 is 0 Å². The Morgan fingerprint density at radius 1 is 0.714 bits per heavy atom. The molecule has 0 aliphatic carbocycles. The van der Waals surface area contributed by atoms with Gasteiger partial charge < -0.3 is 4.90 Å². The third-order valence-electron chi connectivity index (χ3n) is 3.25. The molecule has 3 nitrogen and oxygen atoms in total. The largest absolute Gasteiger partial charge is 0.302 e. The van der Waals surface area contributed by atoms with Crippen molar-refractivity contribution in [1.29, 1.82) is 0 Å². The summed E-state index contributed by atoms with van der Waals surface area (Å²) in [5.74, 6) is 0. The third kappa shape index (κ3) is 3.32. The second-order valence-corrected chi connectivity index (χ2v) is 5.66. The predicted molar refractivity (Wildman–Crippen MR) is 67.7 cm³/mol. The summed E-state index contributed by atoms with van der Waals surface area (Å²) in [7, 11) is 0. The van der Waals surface area contributed by atoms with E-state index in [9.17, 15) is 0 Å². The highest BCUT2D eigenvalue weighted by Crippen LogP contribution is 2.09. The molecule has 0 aromatic heterocycles. The molecule has 0 amide bonds. The maximum Gasteiger partial charge on any atom is 0.0209 e. The fourth-order valence-electron chi connectivity index (χ4n) is 2.24. The van der Waals surface area contributed by atoms with Gasteiger partial charge in [0.15, 0.2) is 0 Å². The lowest BCUT2D eigenvalue weighted by molar-refractivity contribution is 0.181. The van der Waals surface area contributed by atoms with Crippen molar-refractivity contribution in [3.63, 3.8) is 0 Å². The first kappa shape index (κ1) is 11.1. The van der Waals surface area contributed by atoms with Crippen LogP contribution in [0, 0.1) is 0 Å². The van der Waals surface area contributed by atoms with Crippen molar-refractivity contribution in [2.75, 3.05) is 52.4 Å². The summed E-state index contributed by atoms with van der Waals surface area (Å²) >= 11 is 2.43. The molecular formula is C10H20IN3. The Balaban J connectivity index is 1.60. The second kappa shape index (κ2) is 5.63. The van der Waals surface area contributed by atoms with Crippen molar-refractivity contribution >= 4 is 22.9 Å². The molecule has 0 unspecified atom stereocenters. The van der Waals surface area contributed by atoms with Crippen LogP contribution in [0.1, 0.15) is 12.8 Å². The molecule has 0 bridgehead atoms. The first-order valence-corrected chi connectivity index (χ1v) is 6.66. The lowest BCUT2D eigenvalue weighted by Crippen LogP contribution is -2.44. The summed E-state index contributed by atoms with van der Waals surface area (Å²) < 4.78 is 2.39. The normalized spacial score (nSPS) is 27.2.